The van der Waals surface area contributed by atoms with E-state index in [1.54, 1.807) is 0 Å². The number of hydrogen-bond acceptors (Lipinski definition) is 4. The molecule has 28 heavy (non-hydrogen) atoms. The van der Waals surface area contributed by atoms with Gasteiger partial charge in [0.2, 0.25) is 11.1 Å². The van der Waals surface area contributed by atoms with Crippen LogP contribution in [0.3, 0.4) is 0 Å². The quantitative estimate of drug-likeness (QED) is 0.650. The maximum atomic E-state index is 13.1. The first kappa shape index (κ1) is 18.7. The lowest BCUT2D eigenvalue weighted by Crippen LogP contribution is -2.40. The predicted molar refractivity (Wildman–Crippen MR) is 114 cm³/mol. The number of aryl methyl sites for hydroxylation is 1. The van der Waals surface area contributed by atoms with Crippen molar-refractivity contribution < 1.29 is 4.79 Å². The standard InChI is InChI=1S/C22H24N4OS/c1-4-16-9-11-17(12-10-16)20-23-22(25-24-20)28-15(3)21(27)26-14(2)13-18-7-5-6-8-19(18)26/h5-12,14-15H,4,13H2,1-3H3,(H,23,24,25). The van der Waals surface area contributed by atoms with Crippen molar-refractivity contribution in [1.29, 1.82) is 0 Å². The number of thioether (sulfide) groups is 1. The summed E-state index contributed by atoms with van der Waals surface area (Å²) in [6.45, 7) is 6.16. The van der Waals surface area contributed by atoms with Crippen LogP contribution in [0.25, 0.3) is 11.4 Å². The van der Waals surface area contributed by atoms with Gasteiger partial charge in [0.1, 0.15) is 0 Å². The second-order valence-corrected chi connectivity index (χ2v) is 8.48. The molecule has 2 aromatic carbocycles. The molecule has 0 spiro atoms. The third-order valence-corrected chi connectivity index (χ3v) is 6.12. The fourth-order valence-electron chi connectivity index (χ4n) is 3.63. The number of benzene rings is 2. The molecule has 0 saturated heterocycles. The molecular weight excluding hydrogens is 368 g/mol. The van der Waals surface area contributed by atoms with Crippen LogP contribution in [0, 0.1) is 0 Å². The van der Waals surface area contributed by atoms with Crippen LogP contribution in [0.2, 0.25) is 0 Å². The molecule has 1 aliphatic heterocycles. The van der Waals surface area contributed by atoms with Crippen molar-refractivity contribution in [1.82, 2.24) is 15.2 Å². The van der Waals surface area contributed by atoms with E-state index in [0.717, 1.165) is 29.9 Å². The van der Waals surface area contributed by atoms with Crippen LogP contribution in [-0.4, -0.2) is 32.4 Å². The fourth-order valence-corrected chi connectivity index (χ4v) is 4.41. The number of nitrogens with zero attached hydrogens (tertiary/aromatic N) is 3. The molecule has 0 fully saturated rings. The van der Waals surface area contributed by atoms with E-state index in [2.05, 4.69) is 47.2 Å². The minimum absolute atomic E-state index is 0.0982. The average molecular weight is 393 g/mol. The van der Waals surface area contributed by atoms with Gasteiger partial charge < -0.3 is 4.90 Å². The Bertz CT molecular complexity index is 982. The Balaban J connectivity index is 1.47. The summed E-state index contributed by atoms with van der Waals surface area (Å²) >= 11 is 1.39. The monoisotopic (exact) mass is 392 g/mol. The number of anilines is 1. The zero-order valence-electron chi connectivity index (χ0n) is 16.3. The molecule has 3 aromatic rings. The van der Waals surface area contributed by atoms with Crippen molar-refractivity contribution in [2.75, 3.05) is 4.90 Å². The van der Waals surface area contributed by atoms with Gasteiger partial charge in [0, 0.05) is 17.3 Å². The summed E-state index contributed by atoms with van der Waals surface area (Å²) in [5.74, 6) is 0.825. The van der Waals surface area contributed by atoms with Crippen LogP contribution < -0.4 is 4.90 Å². The van der Waals surface area contributed by atoms with Gasteiger partial charge in [-0.3, -0.25) is 9.89 Å². The summed E-state index contributed by atoms with van der Waals surface area (Å²) in [4.78, 5) is 19.6. The molecule has 2 heterocycles. The van der Waals surface area contributed by atoms with Crippen LogP contribution in [0.15, 0.2) is 53.7 Å². The number of rotatable bonds is 5. The number of para-hydroxylation sites is 1. The number of aromatic nitrogens is 3. The molecule has 0 aliphatic carbocycles. The number of hydrogen-bond donors (Lipinski definition) is 1. The molecule has 144 valence electrons. The Labute approximate surface area is 169 Å². The van der Waals surface area contributed by atoms with E-state index in [9.17, 15) is 4.79 Å². The van der Waals surface area contributed by atoms with Crippen molar-refractivity contribution in [2.24, 2.45) is 0 Å². The SMILES string of the molecule is CCc1ccc(-c2nc(SC(C)C(=O)N3c4ccccc4CC3C)n[nH]2)cc1. The van der Waals surface area contributed by atoms with Crippen molar-refractivity contribution in [3.05, 3.63) is 59.7 Å². The van der Waals surface area contributed by atoms with E-state index in [4.69, 9.17) is 0 Å². The number of carbonyl (C=O) groups is 1. The second-order valence-electron chi connectivity index (χ2n) is 7.17. The summed E-state index contributed by atoms with van der Waals surface area (Å²) in [6.07, 6.45) is 1.91. The lowest BCUT2D eigenvalue weighted by atomic mass is 10.1. The number of carbonyl (C=O) groups excluding carboxylic acids is 1. The van der Waals surface area contributed by atoms with Gasteiger partial charge in [-0.1, -0.05) is 61.2 Å². The fraction of sp³-hybridized carbons (Fsp3) is 0.318. The van der Waals surface area contributed by atoms with Gasteiger partial charge in [0.15, 0.2) is 5.82 Å². The van der Waals surface area contributed by atoms with Crippen LogP contribution in [0.1, 0.15) is 31.9 Å². The van der Waals surface area contributed by atoms with Crippen LogP contribution in [-0.2, 0) is 17.6 Å². The zero-order chi connectivity index (χ0) is 19.7. The topological polar surface area (TPSA) is 61.9 Å². The molecule has 2 unspecified atom stereocenters. The number of nitrogens with one attached hydrogen (secondary N) is 1. The third kappa shape index (κ3) is 3.56. The van der Waals surface area contributed by atoms with Gasteiger partial charge in [-0.2, -0.15) is 0 Å². The number of aromatic amines is 1. The zero-order valence-corrected chi connectivity index (χ0v) is 17.2. The molecule has 6 heteroatoms. The van der Waals surface area contributed by atoms with E-state index < -0.39 is 0 Å². The van der Waals surface area contributed by atoms with Gasteiger partial charge in [-0.25, -0.2) is 4.98 Å². The van der Waals surface area contributed by atoms with E-state index in [1.165, 1.54) is 22.9 Å². The lowest BCUT2D eigenvalue weighted by Gasteiger charge is -2.25. The largest absolute Gasteiger partial charge is 0.308 e. The Morgan fingerprint density at radius 3 is 2.75 bits per heavy atom. The third-order valence-electron chi connectivity index (χ3n) is 5.18. The maximum Gasteiger partial charge on any atom is 0.240 e. The van der Waals surface area contributed by atoms with Crippen molar-refractivity contribution in [2.45, 2.75) is 50.1 Å². The minimum atomic E-state index is -0.264. The molecule has 5 nitrogen and oxygen atoms in total. The summed E-state index contributed by atoms with van der Waals surface area (Å²) in [6, 6.07) is 16.6. The van der Waals surface area contributed by atoms with Gasteiger partial charge >= 0.3 is 0 Å². The van der Waals surface area contributed by atoms with Crippen molar-refractivity contribution in [3.63, 3.8) is 0 Å². The normalized spacial score (nSPS) is 16.8. The number of fused-ring (bicyclic) bond motifs is 1. The molecule has 0 saturated carbocycles. The number of amides is 1. The molecule has 2 atom stereocenters. The number of H-pyrrole nitrogens is 1. The van der Waals surface area contributed by atoms with Gasteiger partial charge in [-0.15, -0.1) is 5.10 Å². The summed E-state index contributed by atoms with van der Waals surface area (Å²) in [5.41, 5.74) is 4.55. The highest BCUT2D eigenvalue weighted by molar-refractivity contribution is 8.00. The smallest absolute Gasteiger partial charge is 0.240 e. The summed E-state index contributed by atoms with van der Waals surface area (Å²) in [7, 11) is 0. The lowest BCUT2D eigenvalue weighted by molar-refractivity contribution is -0.118. The van der Waals surface area contributed by atoms with E-state index in [-0.39, 0.29) is 17.2 Å². The first-order valence-electron chi connectivity index (χ1n) is 9.66. The van der Waals surface area contributed by atoms with Crippen LogP contribution in [0.4, 0.5) is 5.69 Å². The van der Waals surface area contributed by atoms with Crippen LogP contribution in [0.5, 0.6) is 0 Å². The van der Waals surface area contributed by atoms with Crippen LogP contribution >= 0.6 is 11.8 Å². The molecule has 1 aliphatic rings. The predicted octanol–water partition coefficient (Wildman–Crippen LogP) is 4.49. The maximum absolute atomic E-state index is 13.1. The van der Waals surface area contributed by atoms with Crippen molar-refractivity contribution in [3.8, 4) is 11.4 Å². The Hall–Kier alpha value is -2.60. The Morgan fingerprint density at radius 1 is 1.25 bits per heavy atom. The van der Waals surface area contributed by atoms with E-state index in [1.807, 2.05) is 42.2 Å². The highest BCUT2D eigenvalue weighted by Crippen LogP contribution is 2.34. The highest BCUT2D eigenvalue weighted by atomic mass is 32.2. The molecule has 1 aromatic heterocycles. The second kappa shape index (κ2) is 7.80. The van der Waals surface area contributed by atoms with Gasteiger partial charge in [-0.05, 0) is 43.9 Å². The molecule has 4 rings (SSSR count). The molecule has 1 amide bonds. The van der Waals surface area contributed by atoms with E-state index >= 15 is 0 Å². The minimum Gasteiger partial charge on any atom is -0.308 e. The first-order chi connectivity index (χ1) is 13.6. The average Bonchev–Trinajstić information content (AvgIpc) is 3.31. The molecule has 0 radical (unpaired) electrons. The molecular formula is C22H24N4OS. The van der Waals surface area contributed by atoms with Gasteiger partial charge in [0.05, 0.1) is 5.25 Å². The van der Waals surface area contributed by atoms with Crippen molar-refractivity contribution >= 4 is 23.4 Å². The van der Waals surface area contributed by atoms with E-state index in [0.29, 0.717) is 5.16 Å². The van der Waals surface area contributed by atoms with Gasteiger partial charge in [0.25, 0.3) is 0 Å². The highest BCUT2D eigenvalue weighted by Gasteiger charge is 2.33. The Kier molecular flexibility index (Phi) is 5.22. The Morgan fingerprint density at radius 2 is 2.00 bits per heavy atom. The summed E-state index contributed by atoms with van der Waals surface area (Å²) < 4.78 is 0. The first-order valence-corrected chi connectivity index (χ1v) is 10.5. The summed E-state index contributed by atoms with van der Waals surface area (Å²) in [5, 5.41) is 7.62. The molecule has 0 bridgehead atoms. The molecule has 1 N–H and O–H groups in total.